The maximum atomic E-state index is 10.6. The summed E-state index contributed by atoms with van der Waals surface area (Å²) in [6.07, 6.45) is 1.52. The van der Waals surface area contributed by atoms with E-state index in [1.807, 2.05) is 13.8 Å². The van der Waals surface area contributed by atoms with Gasteiger partial charge in [0.1, 0.15) is 0 Å². The van der Waals surface area contributed by atoms with E-state index >= 15 is 0 Å². The molecule has 0 radical (unpaired) electrons. The van der Waals surface area contributed by atoms with Gasteiger partial charge in [-0.1, -0.05) is 13.8 Å². The van der Waals surface area contributed by atoms with E-state index in [-0.39, 0.29) is 4.31 Å². The molecule has 0 aromatic heterocycles. The van der Waals surface area contributed by atoms with Gasteiger partial charge >= 0.3 is 10.3 Å². The molecule has 0 rings (SSSR count). The van der Waals surface area contributed by atoms with E-state index in [9.17, 15) is 8.42 Å². The molecule has 0 saturated carbocycles. The summed E-state index contributed by atoms with van der Waals surface area (Å²) >= 11 is 0. The van der Waals surface area contributed by atoms with Crippen molar-refractivity contribution >= 4 is 10.3 Å². The summed E-state index contributed by atoms with van der Waals surface area (Å²) in [5.41, 5.74) is 0. The first kappa shape index (κ1) is 10.9. The molecule has 11 heavy (non-hydrogen) atoms. The van der Waals surface area contributed by atoms with Crippen molar-refractivity contribution in [3.05, 3.63) is 0 Å². The molecule has 0 atom stereocenters. The van der Waals surface area contributed by atoms with Crippen LogP contribution in [-0.4, -0.2) is 26.1 Å². The highest BCUT2D eigenvalue weighted by Crippen LogP contribution is 1.73. The monoisotopic (exact) mass is 182 g/mol. The van der Waals surface area contributed by atoms with Gasteiger partial charge in [-0.25, -0.2) is 8.86 Å². The fourth-order valence-corrected chi connectivity index (χ4v) is 1.86. The van der Waals surface area contributed by atoms with Crippen molar-refractivity contribution in [2.45, 2.75) is 26.7 Å². The highest BCUT2D eigenvalue weighted by molar-refractivity contribution is 7.79. The standard InChI is InChI=1S/C6H15NO3S/c1-3-5-7(6-4-2)11(8,9)10/h3-6H2,1-2H3,(H,8,9,10)/p+1. The van der Waals surface area contributed by atoms with E-state index in [0.717, 1.165) is 12.8 Å². The second kappa shape index (κ2) is 4.69. The van der Waals surface area contributed by atoms with Crippen LogP contribution in [0.2, 0.25) is 0 Å². The van der Waals surface area contributed by atoms with E-state index in [0.29, 0.717) is 13.1 Å². The number of quaternary nitrogens is 1. The van der Waals surface area contributed by atoms with Crippen molar-refractivity contribution in [3.63, 3.8) is 0 Å². The quantitative estimate of drug-likeness (QED) is 0.563. The lowest BCUT2D eigenvalue weighted by Crippen LogP contribution is -3.13. The zero-order valence-electron chi connectivity index (χ0n) is 7.00. The summed E-state index contributed by atoms with van der Waals surface area (Å²) < 4.78 is 30.2. The van der Waals surface area contributed by atoms with Crippen LogP contribution in [0.4, 0.5) is 0 Å². The van der Waals surface area contributed by atoms with Crippen molar-refractivity contribution in [2.75, 3.05) is 13.1 Å². The average molecular weight is 182 g/mol. The Morgan fingerprint density at radius 3 is 1.73 bits per heavy atom. The van der Waals surface area contributed by atoms with Gasteiger partial charge in [0.15, 0.2) is 0 Å². The number of rotatable bonds is 5. The SMILES string of the molecule is CCC[NH+](CCC)S(=O)(=O)O. The second-order valence-corrected chi connectivity index (χ2v) is 4.04. The minimum atomic E-state index is -3.87. The van der Waals surface area contributed by atoms with Crippen LogP contribution in [0.1, 0.15) is 26.7 Å². The van der Waals surface area contributed by atoms with Crippen LogP contribution in [-0.2, 0) is 10.3 Å². The van der Waals surface area contributed by atoms with E-state index in [1.54, 1.807) is 0 Å². The van der Waals surface area contributed by atoms with Crippen molar-refractivity contribution in [2.24, 2.45) is 0 Å². The lowest BCUT2D eigenvalue weighted by molar-refractivity contribution is -0.772. The minimum Gasteiger partial charge on any atom is -0.241 e. The number of hydrogen-bond acceptors (Lipinski definition) is 2. The first-order valence-corrected chi connectivity index (χ1v) is 5.28. The van der Waals surface area contributed by atoms with Crippen molar-refractivity contribution in [3.8, 4) is 0 Å². The summed E-state index contributed by atoms with van der Waals surface area (Å²) in [6, 6.07) is 0. The van der Waals surface area contributed by atoms with Crippen molar-refractivity contribution in [1.82, 2.24) is 0 Å². The largest absolute Gasteiger partial charge is 0.431 e. The lowest BCUT2D eigenvalue weighted by Gasteiger charge is -2.12. The van der Waals surface area contributed by atoms with E-state index in [4.69, 9.17) is 4.55 Å². The van der Waals surface area contributed by atoms with E-state index in [1.165, 1.54) is 0 Å². The molecule has 2 N–H and O–H groups in total. The molecule has 0 aliphatic rings. The molecular weight excluding hydrogens is 166 g/mol. The molecule has 0 aliphatic carbocycles. The summed E-state index contributed by atoms with van der Waals surface area (Å²) in [5.74, 6) is 0. The highest BCUT2D eigenvalue weighted by atomic mass is 32.2. The molecular formula is C6H16NO3S+. The first-order chi connectivity index (χ1) is 5.02. The van der Waals surface area contributed by atoms with Gasteiger partial charge in [0.2, 0.25) is 0 Å². The first-order valence-electron chi connectivity index (χ1n) is 3.84. The van der Waals surface area contributed by atoms with Crippen LogP contribution in [0, 0.1) is 0 Å². The Hall–Kier alpha value is -0.130. The topological polar surface area (TPSA) is 58.8 Å². The Kier molecular flexibility index (Phi) is 4.63. The Labute approximate surface area is 68.1 Å². The molecule has 0 unspecified atom stereocenters. The smallest absolute Gasteiger partial charge is 0.241 e. The van der Waals surface area contributed by atoms with Crippen molar-refractivity contribution < 1.29 is 17.3 Å². The molecule has 0 aliphatic heterocycles. The van der Waals surface area contributed by atoms with Gasteiger partial charge in [-0.15, -0.1) is 8.42 Å². The third-order valence-corrected chi connectivity index (χ3v) is 2.56. The predicted molar refractivity (Wildman–Crippen MR) is 42.8 cm³/mol. The molecule has 0 spiro atoms. The number of nitrogens with one attached hydrogen (secondary N) is 1. The van der Waals surface area contributed by atoms with Gasteiger partial charge in [-0.3, -0.25) is 0 Å². The third-order valence-electron chi connectivity index (χ3n) is 1.42. The van der Waals surface area contributed by atoms with E-state index < -0.39 is 10.3 Å². The van der Waals surface area contributed by atoms with Gasteiger partial charge in [-0.2, -0.15) is 0 Å². The minimum absolute atomic E-state index is 0.266. The van der Waals surface area contributed by atoms with Gasteiger partial charge in [0.05, 0.1) is 13.1 Å². The van der Waals surface area contributed by atoms with Crippen LogP contribution in [0.3, 0.4) is 0 Å². The molecule has 68 valence electrons. The number of hydrogen-bond donors (Lipinski definition) is 2. The molecule has 4 nitrogen and oxygen atoms in total. The molecule has 0 aromatic carbocycles. The fourth-order valence-electron chi connectivity index (χ4n) is 0.941. The summed E-state index contributed by atoms with van der Waals surface area (Å²) in [5, 5.41) is 0. The second-order valence-electron chi connectivity index (χ2n) is 2.51. The Morgan fingerprint density at radius 2 is 1.55 bits per heavy atom. The summed E-state index contributed by atoms with van der Waals surface area (Å²) in [4.78, 5) is 0. The molecule has 0 aromatic rings. The zero-order valence-corrected chi connectivity index (χ0v) is 7.82. The van der Waals surface area contributed by atoms with Crippen LogP contribution >= 0.6 is 0 Å². The maximum Gasteiger partial charge on any atom is 0.431 e. The van der Waals surface area contributed by atoms with Crippen LogP contribution in [0.25, 0.3) is 0 Å². The van der Waals surface area contributed by atoms with Crippen LogP contribution in [0.5, 0.6) is 0 Å². The van der Waals surface area contributed by atoms with Crippen LogP contribution in [0.15, 0.2) is 0 Å². The highest BCUT2D eigenvalue weighted by Gasteiger charge is 2.20. The van der Waals surface area contributed by atoms with Gasteiger partial charge in [0.25, 0.3) is 0 Å². The van der Waals surface area contributed by atoms with Gasteiger partial charge in [-0.05, 0) is 12.8 Å². The Bertz CT molecular complexity index is 182. The molecule has 0 heterocycles. The molecule has 0 amide bonds. The van der Waals surface area contributed by atoms with Gasteiger partial charge < -0.3 is 0 Å². The average Bonchev–Trinajstić information content (AvgIpc) is 1.85. The normalized spacial score (nSPS) is 12.4. The van der Waals surface area contributed by atoms with Crippen LogP contribution < -0.4 is 4.31 Å². The fraction of sp³-hybridized carbons (Fsp3) is 1.00. The molecule has 0 saturated heterocycles. The molecule has 5 heteroatoms. The Balaban J connectivity index is 4.11. The summed E-state index contributed by atoms with van der Waals surface area (Å²) in [7, 11) is -3.87. The van der Waals surface area contributed by atoms with Crippen molar-refractivity contribution in [1.29, 1.82) is 0 Å². The Morgan fingerprint density at radius 1 is 1.18 bits per heavy atom. The molecule has 0 fully saturated rings. The molecule has 0 bridgehead atoms. The third kappa shape index (κ3) is 4.34. The predicted octanol–water partition coefficient (Wildman–Crippen LogP) is -0.506. The maximum absolute atomic E-state index is 10.6. The van der Waals surface area contributed by atoms with Gasteiger partial charge in [0, 0.05) is 0 Å². The zero-order chi connectivity index (χ0) is 8.91. The lowest BCUT2D eigenvalue weighted by atomic mass is 10.4. The van der Waals surface area contributed by atoms with E-state index in [2.05, 4.69) is 0 Å². The summed E-state index contributed by atoms with van der Waals surface area (Å²) in [6.45, 7) is 4.74.